The molecule has 4 aromatic carbocycles. The van der Waals surface area contributed by atoms with Gasteiger partial charge in [-0.15, -0.1) is 0 Å². The van der Waals surface area contributed by atoms with Crippen LogP contribution in [0.3, 0.4) is 0 Å². The van der Waals surface area contributed by atoms with Crippen molar-refractivity contribution in [3.63, 3.8) is 0 Å². The Kier molecular flexibility index (Phi) is 4.78. The lowest BCUT2D eigenvalue weighted by Crippen LogP contribution is -1.91. The number of para-hydroxylation sites is 1. The third kappa shape index (κ3) is 3.55. The molecular formula is C22H20N2. The molecule has 2 heteroatoms. The maximum atomic E-state index is 6.25. The summed E-state index contributed by atoms with van der Waals surface area (Å²) in [5.74, 6) is 0. The van der Waals surface area contributed by atoms with Crippen LogP contribution in [0.25, 0.3) is 21.9 Å². The maximum Gasteiger partial charge on any atom is 0.0473 e. The average Bonchev–Trinajstić information content (AvgIpc) is 2.64. The zero-order chi connectivity index (χ0) is 16.8. The first-order valence-electron chi connectivity index (χ1n) is 7.89. The first-order valence-corrected chi connectivity index (χ1v) is 7.89. The molecule has 0 unspecified atom stereocenters. The summed E-state index contributed by atoms with van der Waals surface area (Å²) in [6, 6.07) is 32.1. The Labute approximate surface area is 142 Å². The molecule has 0 saturated heterocycles. The normalized spacial score (nSPS) is 10.0. The summed E-state index contributed by atoms with van der Waals surface area (Å²) < 4.78 is 0. The lowest BCUT2D eigenvalue weighted by atomic mass is 9.99. The van der Waals surface area contributed by atoms with Crippen molar-refractivity contribution in [3.05, 3.63) is 97.1 Å². The van der Waals surface area contributed by atoms with E-state index in [9.17, 15) is 0 Å². The van der Waals surface area contributed by atoms with Gasteiger partial charge in [0.15, 0.2) is 0 Å². The predicted octanol–water partition coefficient (Wildman–Crippen LogP) is 5.36. The van der Waals surface area contributed by atoms with Gasteiger partial charge in [-0.25, -0.2) is 0 Å². The van der Waals surface area contributed by atoms with Crippen molar-refractivity contribution < 1.29 is 0 Å². The van der Waals surface area contributed by atoms with Crippen molar-refractivity contribution in [2.45, 2.75) is 0 Å². The third-order valence-corrected chi connectivity index (χ3v) is 3.86. The standard InChI is InChI=1S/C16H13N.C6H7N/c17-16-14-9-5-4-8-13(14)10-11-15(16)12-6-2-1-3-7-12;7-6-4-2-1-3-5-6/h1-11H,17H2;1-5H,7H2. The van der Waals surface area contributed by atoms with Crippen LogP contribution in [0.5, 0.6) is 0 Å². The summed E-state index contributed by atoms with van der Waals surface area (Å²) in [5.41, 5.74) is 15.6. The van der Waals surface area contributed by atoms with Crippen LogP contribution in [0, 0.1) is 0 Å². The SMILES string of the molecule is Nc1c(-c2ccccc2)ccc2ccccc12.Nc1ccccc1. The second-order valence-corrected chi connectivity index (χ2v) is 5.52. The zero-order valence-corrected chi connectivity index (χ0v) is 13.4. The van der Waals surface area contributed by atoms with Gasteiger partial charge in [0.25, 0.3) is 0 Å². The number of rotatable bonds is 1. The average molecular weight is 312 g/mol. The van der Waals surface area contributed by atoms with Crippen LogP contribution in [-0.2, 0) is 0 Å². The lowest BCUT2D eigenvalue weighted by molar-refractivity contribution is 1.64. The fraction of sp³-hybridized carbons (Fsp3) is 0. The third-order valence-electron chi connectivity index (χ3n) is 3.86. The van der Waals surface area contributed by atoms with Crippen LogP contribution >= 0.6 is 0 Å². The number of hydrogen-bond acceptors (Lipinski definition) is 2. The van der Waals surface area contributed by atoms with Crippen molar-refractivity contribution in [2.75, 3.05) is 11.5 Å². The smallest absolute Gasteiger partial charge is 0.0473 e. The van der Waals surface area contributed by atoms with Crippen molar-refractivity contribution in [1.29, 1.82) is 0 Å². The Morgan fingerprint density at radius 3 is 1.71 bits per heavy atom. The fourth-order valence-electron chi connectivity index (χ4n) is 2.62. The van der Waals surface area contributed by atoms with Gasteiger partial charge in [-0.3, -0.25) is 0 Å². The molecule has 0 aliphatic rings. The fourth-order valence-corrected chi connectivity index (χ4v) is 2.62. The number of nitrogen functional groups attached to an aromatic ring is 2. The van der Waals surface area contributed by atoms with Gasteiger partial charge in [-0.1, -0.05) is 84.9 Å². The topological polar surface area (TPSA) is 52.0 Å². The van der Waals surface area contributed by atoms with Crippen LogP contribution in [0.2, 0.25) is 0 Å². The van der Waals surface area contributed by atoms with Crippen molar-refractivity contribution in [1.82, 2.24) is 0 Å². The van der Waals surface area contributed by atoms with E-state index in [-0.39, 0.29) is 0 Å². The number of benzene rings is 4. The second kappa shape index (κ2) is 7.34. The molecular weight excluding hydrogens is 292 g/mol. The molecule has 0 heterocycles. The summed E-state index contributed by atoms with van der Waals surface area (Å²) in [6.07, 6.45) is 0. The van der Waals surface area contributed by atoms with Crippen molar-refractivity contribution >= 4 is 22.1 Å². The second-order valence-electron chi connectivity index (χ2n) is 5.52. The minimum Gasteiger partial charge on any atom is -0.399 e. The lowest BCUT2D eigenvalue weighted by Gasteiger charge is -2.09. The van der Waals surface area contributed by atoms with Gasteiger partial charge in [-0.05, 0) is 23.1 Å². The first-order chi connectivity index (χ1) is 11.8. The number of nitrogens with two attached hydrogens (primary N) is 2. The number of fused-ring (bicyclic) bond motifs is 1. The van der Waals surface area contributed by atoms with E-state index < -0.39 is 0 Å². The van der Waals surface area contributed by atoms with Gasteiger partial charge in [0.05, 0.1) is 0 Å². The molecule has 0 bridgehead atoms. The summed E-state index contributed by atoms with van der Waals surface area (Å²) in [6.45, 7) is 0. The number of anilines is 2. The van der Waals surface area contributed by atoms with Gasteiger partial charge < -0.3 is 11.5 Å². The quantitative estimate of drug-likeness (QED) is 0.465. The Bertz CT molecular complexity index is 916. The van der Waals surface area contributed by atoms with Crippen LogP contribution < -0.4 is 11.5 Å². The van der Waals surface area contributed by atoms with E-state index in [1.54, 1.807) is 0 Å². The molecule has 0 amide bonds. The van der Waals surface area contributed by atoms with Crippen LogP contribution in [0.15, 0.2) is 97.1 Å². The molecule has 4 N–H and O–H groups in total. The Morgan fingerprint density at radius 1 is 0.500 bits per heavy atom. The molecule has 0 spiro atoms. The Hall–Kier alpha value is -3.26. The molecule has 118 valence electrons. The summed E-state index contributed by atoms with van der Waals surface area (Å²) >= 11 is 0. The Balaban J connectivity index is 0.000000203. The molecule has 24 heavy (non-hydrogen) atoms. The predicted molar refractivity (Wildman–Crippen MR) is 105 cm³/mol. The first kappa shape index (κ1) is 15.6. The van der Waals surface area contributed by atoms with E-state index >= 15 is 0 Å². The molecule has 0 saturated carbocycles. The monoisotopic (exact) mass is 312 g/mol. The molecule has 0 fully saturated rings. The van der Waals surface area contributed by atoms with E-state index in [0.29, 0.717) is 0 Å². The summed E-state index contributed by atoms with van der Waals surface area (Å²) in [5, 5.41) is 2.30. The van der Waals surface area contributed by atoms with Crippen LogP contribution in [0.1, 0.15) is 0 Å². The zero-order valence-electron chi connectivity index (χ0n) is 13.4. The molecule has 0 radical (unpaired) electrons. The molecule has 4 rings (SSSR count). The minimum absolute atomic E-state index is 0.822. The molecule has 2 nitrogen and oxygen atoms in total. The van der Waals surface area contributed by atoms with E-state index in [2.05, 4.69) is 36.4 Å². The van der Waals surface area contributed by atoms with E-state index in [1.165, 1.54) is 5.39 Å². The van der Waals surface area contributed by atoms with Crippen molar-refractivity contribution in [3.8, 4) is 11.1 Å². The minimum atomic E-state index is 0.822. The van der Waals surface area contributed by atoms with Gasteiger partial charge in [0.2, 0.25) is 0 Å². The van der Waals surface area contributed by atoms with Crippen LogP contribution in [-0.4, -0.2) is 0 Å². The van der Waals surface area contributed by atoms with Crippen LogP contribution in [0.4, 0.5) is 11.4 Å². The molecule has 4 aromatic rings. The van der Waals surface area contributed by atoms with Gasteiger partial charge >= 0.3 is 0 Å². The summed E-state index contributed by atoms with van der Waals surface area (Å²) in [7, 11) is 0. The van der Waals surface area contributed by atoms with Gasteiger partial charge in [0.1, 0.15) is 0 Å². The number of hydrogen-bond donors (Lipinski definition) is 2. The maximum absolute atomic E-state index is 6.25. The van der Waals surface area contributed by atoms with E-state index in [4.69, 9.17) is 11.5 Å². The molecule has 0 atom stereocenters. The largest absolute Gasteiger partial charge is 0.399 e. The highest BCUT2D eigenvalue weighted by molar-refractivity contribution is 6.00. The van der Waals surface area contributed by atoms with E-state index in [1.807, 2.05) is 60.7 Å². The highest BCUT2D eigenvalue weighted by atomic mass is 14.6. The molecule has 0 aromatic heterocycles. The highest BCUT2D eigenvalue weighted by Gasteiger charge is 2.05. The van der Waals surface area contributed by atoms with Gasteiger partial charge in [0, 0.05) is 22.3 Å². The van der Waals surface area contributed by atoms with Gasteiger partial charge in [-0.2, -0.15) is 0 Å². The molecule has 0 aliphatic carbocycles. The summed E-state index contributed by atoms with van der Waals surface area (Å²) in [4.78, 5) is 0. The van der Waals surface area contributed by atoms with Crippen molar-refractivity contribution in [2.24, 2.45) is 0 Å². The Morgan fingerprint density at radius 2 is 1.08 bits per heavy atom. The molecule has 0 aliphatic heterocycles. The van der Waals surface area contributed by atoms with E-state index in [0.717, 1.165) is 27.9 Å². The highest BCUT2D eigenvalue weighted by Crippen LogP contribution is 2.32.